The van der Waals surface area contributed by atoms with Gasteiger partial charge in [0.25, 0.3) is 0 Å². The number of thiol groups is 1. The summed E-state index contributed by atoms with van der Waals surface area (Å²) < 4.78 is 10.7. The summed E-state index contributed by atoms with van der Waals surface area (Å²) in [6.07, 6.45) is 2.31. The van der Waals surface area contributed by atoms with Gasteiger partial charge in [-0.15, -0.1) is 0 Å². The molecule has 1 aromatic heterocycles. The van der Waals surface area contributed by atoms with Crippen molar-refractivity contribution in [2.75, 3.05) is 19.0 Å². The molecule has 1 atom stereocenters. The predicted molar refractivity (Wildman–Crippen MR) is 94.8 cm³/mol. The molecule has 0 aliphatic carbocycles. The van der Waals surface area contributed by atoms with E-state index in [4.69, 9.17) is 9.47 Å². The molecule has 0 amide bonds. The van der Waals surface area contributed by atoms with Gasteiger partial charge in [0.2, 0.25) is 5.90 Å². The van der Waals surface area contributed by atoms with Crippen LogP contribution >= 0.6 is 12.6 Å². The Morgan fingerprint density at radius 2 is 2.08 bits per heavy atom. The molecule has 5 nitrogen and oxygen atoms in total. The van der Waals surface area contributed by atoms with Crippen LogP contribution in [0.15, 0.2) is 53.7 Å². The van der Waals surface area contributed by atoms with Gasteiger partial charge in [-0.25, -0.2) is 9.79 Å². The fraction of sp³-hybridized carbons (Fsp3) is 0.278. The topological polar surface area (TPSA) is 60.8 Å². The van der Waals surface area contributed by atoms with Crippen molar-refractivity contribution in [3.05, 3.63) is 65.5 Å². The van der Waals surface area contributed by atoms with Crippen molar-refractivity contribution in [3.8, 4) is 0 Å². The molecular weight excluding hydrogens is 324 g/mol. The summed E-state index contributed by atoms with van der Waals surface area (Å²) >= 11 is 4.00. The van der Waals surface area contributed by atoms with E-state index in [0.717, 1.165) is 6.42 Å². The normalized spacial score (nSPS) is 16.4. The van der Waals surface area contributed by atoms with Crippen molar-refractivity contribution in [1.29, 1.82) is 0 Å². The second kappa shape index (κ2) is 7.97. The fourth-order valence-corrected chi connectivity index (χ4v) is 2.50. The summed E-state index contributed by atoms with van der Waals surface area (Å²) in [4.78, 5) is 20.6. The lowest BCUT2D eigenvalue weighted by Crippen LogP contribution is -2.10. The molecule has 24 heavy (non-hydrogen) atoms. The molecule has 2 heterocycles. The van der Waals surface area contributed by atoms with E-state index >= 15 is 0 Å². The van der Waals surface area contributed by atoms with Crippen molar-refractivity contribution >= 4 is 24.5 Å². The lowest BCUT2D eigenvalue weighted by molar-refractivity contribution is 0.0530. The average Bonchev–Trinajstić information content (AvgIpc) is 3.09. The summed E-state index contributed by atoms with van der Waals surface area (Å²) in [6.45, 7) is 0.818. The van der Waals surface area contributed by atoms with Crippen molar-refractivity contribution in [1.82, 2.24) is 4.98 Å². The van der Waals surface area contributed by atoms with Crippen LogP contribution in [0.25, 0.3) is 0 Å². The number of hydrogen-bond acceptors (Lipinski definition) is 6. The Labute approximate surface area is 146 Å². The smallest absolute Gasteiger partial charge is 0.339 e. The number of hydrogen-bond donors (Lipinski definition) is 1. The van der Waals surface area contributed by atoms with E-state index in [-0.39, 0.29) is 12.6 Å². The minimum absolute atomic E-state index is 0.0872. The first-order valence-electron chi connectivity index (χ1n) is 7.75. The minimum Gasteiger partial charge on any atom is -0.474 e. The van der Waals surface area contributed by atoms with Crippen LogP contribution in [0.5, 0.6) is 0 Å². The van der Waals surface area contributed by atoms with Gasteiger partial charge in [-0.3, -0.25) is 4.98 Å². The van der Waals surface area contributed by atoms with Gasteiger partial charge in [0.05, 0.1) is 11.6 Å². The van der Waals surface area contributed by atoms with E-state index in [2.05, 4.69) is 34.7 Å². The third-order valence-corrected chi connectivity index (χ3v) is 3.75. The zero-order chi connectivity index (χ0) is 16.8. The van der Waals surface area contributed by atoms with E-state index in [9.17, 15) is 4.79 Å². The predicted octanol–water partition coefficient (Wildman–Crippen LogP) is 2.56. The number of ether oxygens (including phenoxy) is 2. The van der Waals surface area contributed by atoms with Gasteiger partial charge in [-0.1, -0.05) is 30.3 Å². The maximum atomic E-state index is 11.7. The molecule has 0 radical (unpaired) electrons. The number of aliphatic imine (C=N–C) groups is 1. The molecule has 1 aliphatic heterocycles. The highest BCUT2D eigenvalue weighted by Gasteiger charge is 2.21. The number of benzene rings is 1. The van der Waals surface area contributed by atoms with Gasteiger partial charge in [0.15, 0.2) is 0 Å². The highest BCUT2D eigenvalue weighted by Crippen LogP contribution is 2.15. The van der Waals surface area contributed by atoms with Crippen molar-refractivity contribution in [2.24, 2.45) is 4.99 Å². The Hall–Kier alpha value is -2.34. The third-order valence-electron chi connectivity index (χ3n) is 3.57. The van der Waals surface area contributed by atoms with Crippen LogP contribution in [0.2, 0.25) is 0 Å². The van der Waals surface area contributed by atoms with Crippen molar-refractivity contribution in [3.63, 3.8) is 0 Å². The van der Waals surface area contributed by atoms with Gasteiger partial charge in [-0.05, 0) is 24.1 Å². The number of rotatable bonds is 6. The number of nitrogens with zero attached hydrogens (tertiary/aromatic N) is 2. The molecule has 0 saturated carbocycles. The van der Waals surface area contributed by atoms with E-state index < -0.39 is 5.97 Å². The minimum atomic E-state index is -0.403. The standard InChI is InChI=1S/C18H18N2O3S/c21-18(22-8-9-24)14-6-7-16(19-11-14)17-20-15(12-23-17)10-13-4-2-1-3-5-13/h1-7,11,15,24H,8-10,12H2/t15-/m0/s1. The summed E-state index contributed by atoms with van der Waals surface area (Å²) in [5, 5.41) is 0. The first-order chi connectivity index (χ1) is 11.8. The average molecular weight is 342 g/mol. The summed E-state index contributed by atoms with van der Waals surface area (Å²) in [5.41, 5.74) is 2.25. The number of esters is 1. The van der Waals surface area contributed by atoms with Crippen LogP contribution in [0, 0.1) is 0 Å². The SMILES string of the molecule is O=C(OCCS)c1ccc(C2=N[C@@H](Cc3ccccc3)CO2)nc1. The maximum Gasteiger partial charge on any atom is 0.339 e. The second-order valence-corrected chi connectivity index (χ2v) is 5.83. The van der Waals surface area contributed by atoms with Crippen LogP contribution in [0.3, 0.4) is 0 Å². The van der Waals surface area contributed by atoms with Gasteiger partial charge < -0.3 is 9.47 Å². The van der Waals surface area contributed by atoms with Crippen LogP contribution in [-0.4, -0.2) is 41.9 Å². The Bertz CT molecular complexity index is 717. The number of carbonyl (C=O) groups excluding carboxylic acids is 1. The zero-order valence-electron chi connectivity index (χ0n) is 13.1. The summed E-state index contributed by atoms with van der Waals surface area (Å²) in [6, 6.07) is 13.7. The molecule has 0 unspecified atom stereocenters. The fourth-order valence-electron chi connectivity index (χ4n) is 2.41. The number of carbonyl (C=O) groups is 1. The first-order valence-corrected chi connectivity index (χ1v) is 8.38. The van der Waals surface area contributed by atoms with Gasteiger partial charge in [-0.2, -0.15) is 12.6 Å². The number of pyridine rings is 1. The molecule has 6 heteroatoms. The molecule has 0 saturated heterocycles. The molecule has 0 spiro atoms. The molecule has 1 aromatic carbocycles. The van der Waals surface area contributed by atoms with Crippen molar-refractivity contribution in [2.45, 2.75) is 12.5 Å². The molecule has 124 valence electrons. The lowest BCUT2D eigenvalue weighted by Gasteiger charge is -2.04. The van der Waals surface area contributed by atoms with Gasteiger partial charge in [0, 0.05) is 11.9 Å². The highest BCUT2D eigenvalue weighted by atomic mass is 32.1. The Morgan fingerprint density at radius 3 is 2.79 bits per heavy atom. The van der Waals surface area contributed by atoms with E-state index in [1.807, 2.05) is 18.2 Å². The van der Waals surface area contributed by atoms with Crippen LogP contribution in [0.1, 0.15) is 21.6 Å². The van der Waals surface area contributed by atoms with Crippen LogP contribution in [-0.2, 0) is 15.9 Å². The molecule has 0 N–H and O–H groups in total. The molecular formula is C18H18N2O3S. The molecule has 1 aliphatic rings. The van der Waals surface area contributed by atoms with Gasteiger partial charge in [0.1, 0.15) is 18.9 Å². The third kappa shape index (κ3) is 4.14. The molecule has 0 fully saturated rings. The lowest BCUT2D eigenvalue weighted by atomic mass is 10.1. The quantitative estimate of drug-likeness (QED) is 0.647. The van der Waals surface area contributed by atoms with E-state index in [0.29, 0.717) is 29.5 Å². The Balaban J connectivity index is 1.64. The Morgan fingerprint density at radius 1 is 1.25 bits per heavy atom. The summed E-state index contributed by atoms with van der Waals surface area (Å²) in [7, 11) is 0. The second-order valence-electron chi connectivity index (χ2n) is 5.38. The Kier molecular flexibility index (Phi) is 5.48. The molecule has 3 rings (SSSR count). The van der Waals surface area contributed by atoms with Crippen LogP contribution in [0.4, 0.5) is 0 Å². The number of aromatic nitrogens is 1. The van der Waals surface area contributed by atoms with Crippen LogP contribution < -0.4 is 0 Å². The molecule has 0 bridgehead atoms. The highest BCUT2D eigenvalue weighted by molar-refractivity contribution is 7.80. The zero-order valence-corrected chi connectivity index (χ0v) is 14.0. The largest absolute Gasteiger partial charge is 0.474 e. The monoisotopic (exact) mass is 342 g/mol. The first kappa shape index (κ1) is 16.5. The van der Waals surface area contributed by atoms with Crippen molar-refractivity contribution < 1.29 is 14.3 Å². The van der Waals surface area contributed by atoms with Gasteiger partial charge >= 0.3 is 5.97 Å². The van der Waals surface area contributed by atoms with E-state index in [1.54, 1.807) is 12.1 Å². The molecule has 2 aromatic rings. The summed E-state index contributed by atoms with van der Waals surface area (Å²) in [5.74, 6) is 0.607. The maximum absolute atomic E-state index is 11.7. The van der Waals surface area contributed by atoms with E-state index in [1.165, 1.54) is 11.8 Å².